The summed E-state index contributed by atoms with van der Waals surface area (Å²) in [5.74, 6) is -0.657. The first-order valence-corrected chi connectivity index (χ1v) is 12.0. The van der Waals surface area contributed by atoms with Crippen molar-refractivity contribution in [2.75, 3.05) is 0 Å². The van der Waals surface area contributed by atoms with Gasteiger partial charge in [0.2, 0.25) is 0 Å². The summed E-state index contributed by atoms with van der Waals surface area (Å²) in [6.45, 7) is 10.4. The maximum Gasteiger partial charge on any atom is 0.419 e. The van der Waals surface area contributed by atoms with E-state index < -0.39 is 29.3 Å². The van der Waals surface area contributed by atoms with Crippen LogP contribution in [-0.4, -0.2) is 38.8 Å². The van der Waals surface area contributed by atoms with Gasteiger partial charge in [-0.15, -0.1) is 0 Å². The molecule has 2 amide bonds. The number of carbonyl (C=O) groups is 3. The van der Waals surface area contributed by atoms with Crippen LogP contribution in [0.2, 0.25) is 0 Å². The Morgan fingerprint density at radius 2 is 1.47 bits per heavy atom. The van der Waals surface area contributed by atoms with E-state index in [1.807, 2.05) is 30.3 Å². The monoisotopic (exact) mass is 576 g/mol. The number of nitrogens with zero attached hydrogens (tertiary/aromatic N) is 2. The number of rotatable bonds is 3. The smallest absolute Gasteiger partial charge is 0.419 e. The van der Waals surface area contributed by atoms with Crippen LogP contribution in [0.3, 0.4) is 0 Å². The SMILES string of the molecule is CC(C)(C)OC(=O)N(Cc1ccccc1I)C(=O)c1cc2ccccc2n1C(=O)OC(C)(C)C. The highest BCUT2D eigenvalue weighted by Gasteiger charge is 2.33. The Hall–Kier alpha value is -2.88. The summed E-state index contributed by atoms with van der Waals surface area (Å²) in [6.07, 6.45) is -1.49. The van der Waals surface area contributed by atoms with Crippen molar-refractivity contribution in [3.8, 4) is 0 Å². The average Bonchev–Trinajstić information content (AvgIpc) is 3.10. The first-order valence-electron chi connectivity index (χ1n) is 10.9. The number of fused-ring (bicyclic) bond motifs is 1. The van der Waals surface area contributed by atoms with Gasteiger partial charge in [-0.2, -0.15) is 0 Å². The Bertz CT molecular complexity index is 1230. The van der Waals surface area contributed by atoms with Crippen molar-refractivity contribution < 1.29 is 23.9 Å². The summed E-state index contributed by atoms with van der Waals surface area (Å²) in [6, 6.07) is 16.2. The second-order valence-corrected chi connectivity index (χ2v) is 11.0. The van der Waals surface area contributed by atoms with Gasteiger partial charge in [-0.25, -0.2) is 19.1 Å². The molecule has 0 unspecified atom stereocenters. The van der Waals surface area contributed by atoms with Crippen LogP contribution < -0.4 is 0 Å². The standard InChI is InChI=1S/C26H29IN2O5/c1-25(2,3)33-23(31)28(16-18-12-7-9-13-19(18)27)22(30)21-15-17-11-8-10-14-20(17)29(21)24(32)34-26(4,5)6/h7-15H,16H2,1-6H3. The molecule has 0 saturated carbocycles. The molecule has 0 saturated heterocycles. The van der Waals surface area contributed by atoms with Crippen LogP contribution in [0.1, 0.15) is 57.6 Å². The van der Waals surface area contributed by atoms with Crippen LogP contribution >= 0.6 is 22.6 Å². The summed E-state index contributed by atoms with van der Waals surface area (Å²) < 4.78 is 13.2. The average molecular weight is 576 g/mol. The third kappa shape index (κ3) is 6.16. The first kappa shape index (κ1) is 25.7. The topological polar surface area (TPSA) is 77.8 Å². The number of amides is 2. The molecule has 1 aromatic heterocycles. The minimum Gasteiger partial charge on any atom is -0.443 e. The molecule has 0 bridgehead atoms. The molecule has 3 aromatic rings. The number of carbonyl (C=O) groups excluding carboxylic acids is 3. The summed E-state index contributed by atoms with van der Waals surface area (Å²) in [7, 11) is 0. The lowest BCUT2D eigenvalue weighted by Crippen LogP contribution is -2.42. The van der Waals surface area contributed by atoms with E-state index in [1.165, 1.54) is 4.57 Å². The maximum atomic E-state index is 13.8. The predicted molar refractivity (Wildman–Crippen MR) is 139 cm³/mol. The second-order valence-electron chi connectivity index (χ2n) is 9.87. The number of para-hydroxylation sites is 1. The molecular formula is C26H29IN2O5. The van der Waals surface area contributed by atoms with Crippen molar-refractivity contribution >= 4 is 51.6 Å². The van der Waals surface area contributed by atoms with Gasteiger partial charge in [0, 0.05) is 8.96 Å². The van der Waals surface area contributed by atoms with Crippen LogP contribution in [-0.2, 0) is 16.0 Å². The third-order valence-corrected chi connectivity index (χ3v) is 5.70. The molecule has 180 valence electrons. The molecule has 0 N–H and O–H groups in total. The molecule has 3 rings (SSSR count). The van der Waals surface area contributed by atoms with Crippen LogP contribution in [0, 0.1) is 3.57 Å². The van der Waals surface area contributed by atoms with E-state index in [0.29, 0.717) is 10.9 Å². The van der Waals surface area contributed by atoms with Gasteiger partial charge in [0.1, 0.15) is 16.9 Å². The highest BCUT2D eigenvalue weighted by molar-refractivity contribution is 14.1. The second kappa shape index (κ2) is 9.77. The first-order chi connectivity index (χ1) is 15.8. The number of aromatic nitrogens is 1. The van der Waals surface area contributed by atoms with Crippen molar-refractivity contribution in [3.05, 3.63) is 69.4 Å². The van der Waals surface area contributed by atoms with E-state index in [1.54, 1.807) is 65.8 Å². The molecule has 2 aromatic carbocycles. The van der Waals surface area contributed by atoms with Gasteiger partial charge < -0.3 is 9.47 Å². The molecule has 34 heavy (non-hydrogen) atoms. The molecule has 0 aliphatic heterocycles. The van der Waals surface area contributed by atoms with Crippen molar-refractivity contribution in [2.24, 2.45) is 0 Å². The fourth-order valence-electron chi connectivity index (χ4n) is 3.29. The highest BCUT2D eigenvalue weighted by Crippen LogP contribution is 2.25. The molecule has 0 aliphatic carbocycles. The molecule has 0 atom stereocenters. The van der Waals surface area contributed by atoms with Crippen molar-refractivity contribution in [1.29, 1.82) is 0 Å². The zero-order valence-electron chi connectivity index (χ0n) is 20.2. The lowest BCUT2D eigenvalue weighted by molar-refractivity contribution is 0.0217. The van der Waals surface area contributed by atoms with Crippen LogP contribution in [0.15, 0.2) is 54.6 Å². The van der Waals surface area contributed by atoms with Gasteiger partial charge in [0.25, 0.3) is 5.91 Å². The zero-order chi connectivity index (χ0) is 25.3. The third-order valence-electron chi connectivity index (χ3n) is 4.65. The van der Waals surface area contributed by atoms with Crippen molar-refractivity contribution in [1.82, 2.24) is 9.47 Å². The fraction of sp³-hybridized carbons (Fsp3) is 0.346. The van der Waals surface area contributed by atoms with Gasteiger partial charge in [-0.3, -0.25) is 4.79 Å². The van der Waals surface area contributed by atoms with Gasteiger partial charge in [-0.1, -0.05) is 36.4 Å². The minimum absolute atomic E-state index is 0.0112. The van der Waals surface area contributed by atoms with Crippen molar-refractivity contribution in [2.45, 2.75) is 59.3 Å². The summed E-state index contributed by atoms with van der Waals surface area (Å²) in [5.41, 5.74) is -0.265. The van der Waals surface area contributed by atoms with Gasteiger partial charge >= 0.3 is 12.2 Å². The summed E-state index contributed by atoms with van der Waals surface area (Å²) in [4.78, 5) is 41.2. The van der Waals surface area contributed by atoms with E-state index in [9.17, 15) is 14.4 Å². The Morgan fingerprint density at radius 1 is 0.882 bits per heavy atom. The zero-order valence-corrected chi connectivity index (χ0v) is 22.4. The molecule has 0 fully saturated rings. The largest absolute Gasteiger partial charge is 0.443 e. The van der Waals surface area contributed by atoms with Gasteiger partial charge in [-0.05, 0) is 87.9 Å². The molecule has 0 spiro atoms. The van der Waals surface area contributed by atoms with E-state index >= 15 is 0 Å². The van der Waals surface area contributed by atoms with E-state index in [-0.39, 0.29) is 12.2 Å². The van der Waals surface area contributed by atoms with E-state index in [0.717, 1.165) is 14.0 Å². The quantitative estimate of drug-likeness (QED) is 0.328. The Labute approximate surface area is 213 Å². The maximum absolute atomic E-state index is 13.8. The van der Waals surface area contributed by atoms with E-state index in [4.69, 9.17) is 9.47 Å². The predicted octanol–water partition coefficient (Wildman–Crippen LogP) is 6.61. The molecule has 0 radical (unpaired) electrons. The molecular weight excluding hydrogens is 547 g/mol. The van der Waals surface area contributed by atoms with Crippen LogP contribution in [0.25, 0.3) is 10.9 Å². The number of halogens is 1. The lowest BCUT2D eigenvalue weighted by atomic mass is 10.2. The van der Waals surface area contributed by atoms with E-state index in [2.05, 4.69) is 22.6 Å². The number of hydrogen-bond donors (Lipinski definition) is 0. The minimum atomic E-state index is -0.808. The normalized spacial score (nSPS) is 11.9. The summed E-state index contributed by atoms with van der Waals surface area (Å²) >= 11 is 2.16. The molecule has 0 aliphatic rings. The molecule has 1 heterocycles. The lowest BCUT2D eigenvalue weighted by Gasteiger charge is -2.27. The van der Waals surface area contributed by atoms with Crippen molar-refractivity contribution in [3.63, 3.8) is 0 Å². The fourth-order valence-corrected chi connectivity index (χ4v) is 3.85. The van der Waals surface area contributed by atoms with Crippen LogP contribution in [0.5, 0.6) is 0 Å². The number of imide groups is 1. The Kier molecular flexibility index (Phi) is 7.40. The molecule has 7 nitrogen and oxygen atoms in total. The Morgan fingerprint density at radius 3 is 2.09 bits per heavy atom. The van der Waals surface area contributed by atoms with Gasteiger partial charge in [0.15, 0.2) is 0 Å². The summed E-state index contributed by atoms with van der Waals surface area (Å²) in [5, 5.41) is 0.676. The van der Waals surface area contributed by atoms with Gasteiger partial charge in [0.05, 0.1) is 12.1 Å². The number of benzene rings is 2. The Balaban J connectivity index is 2.12. The molecule has 8 heteroatoms. The number of ether oxygens (including phenoxy) is 2. The van der Waals surface area contributed by atoms with Crippen LogP contribution in [0.4, 0.5) is 9.59 Å². The number of hydrogen-bond acceptors (Lipinski definition) is 5. The highest BCUT2D eigenvalue weighted by atomic mass is 127.